The van der Waals surface area contributed by atoms with E-state index in [0.717, 1.165) is 5.56 Å². The van der Waals surface area contributed by atoms with Crippen molar-refractivity contribution in [2.45, 2.75) is 27.3 Å². The highest BCUT2D eigenvalue weighted by Crippen LogP contribution is 2.14. The monoisotopic (exact) mass is 261 g/mol. The predicted octanol–water partition coefficient (Wildman–Crippen LogP) is 3.27. The van der Waals surface area contributed by atoms with Gasteiger partial charge in [-0.15, -0.1) is 0 Å². The molecule has 0 saturated heterocycles. The van der Waals surface area contributed by atoms with Gasteiger partial charge in [0, 0.05) is 6.54 Å². The van der Waals surface area contributed by atoms with Crippen molar-refractivity contribution in [1.82, 2.24) is 5.32 Å². The molecule has 2 aromatic rings. The SMILES string of the molecule is Cc1cc(C(=O)NCc2ccc(C)c(F)c2)c(C)o1. The lowest BCUT2D eigenvalue weighted by molar-refractivity contribution is 0.0949. The molecule has 0 atom stereocenters. The molecule has 0 spiro atoms. The minimum atomic E-state index is -0.262. The van der Waals surface area contributed by atoms with Gasteiger partial charge in [0.1, 0.15) is 17.3 Å². The average Bonchev–Trinajstić information content (AvgIpc) is 2.70. The van der Waals surface area contributed by atoms with E-state index in [1.54, 1.807) is 39.0 Å². The van der Waals surface area contributed by atoms with E-state index in [0.29, 0.717) is 29.2 Å². The number of furan rings is 1. The van der Waals surface area contributed by atoms with Crippen LogP contribution < -0.4 is 5.32 Å². The molecule has 3 nitrogen and oxygen atoms in total. The summed E-state index contributed by atoms with van der Waals surface area (Å²) in [6, 6.07) is 6.62. The van der Waals surface area contributed by atoms with E-state index in [2.05, 4.69) is 5.32 Å². The van der Waals surface area contributed by atoms with Gasteiger partial charge in [-0.05, 0) is 44.0 Å². The summed E-state index contributed by atoms with van der Waals surface area (Å²) in [6.07, 6.45) is 0. The minimum absolute atomic E-state index is 0.213. The molecule has 100 valence electrons. The Balaban J connectivity index is 2.04. The van der Waals surface area contributed by atoms with Crippen LogP contribution in [0.1, 0.15) is 33.0 Å². The number of carbonyl (C=O) groups is 1. The first-order valence-electron chi connectivity index (χ1n) is 6.07. The molecule has 19 heavy (non-hydrogen) atoms. The minimum Gasteiger partial charge on any atom is -0.466 e. The van der Waals surface area contributed by atoms with E-state index >= 15 is 0 Å². The van der Waals surface area contributed by atoms with Crippen LogP contribution in [0.2, 0.25) is 0 Å². The van der Waals surface area contributed by atoms with E-state index in [1.165, 1.54) is 6.07 Å². The molecule has 1 aromatic carbocycles. The number of carbonyl (C=O) groups excluding carboxylic acids is 1. The fourth-order valence-corrected chi connectivity index (χ4v) is 1.88. The number of benzene rings is 1. The zero-order chi connectivity index (χ0) is 14.0. The second-order valence-electron chi connectivity index (χ2n) is 4.59. The number of hydrogen-bond acceptors (Lipinski definition) is 2. The summed E-state index contributed by atoms with van der Waals surface area (Å²) < 4.78 is 18.7. The molecule has 0 aliphatic rings. The fourth-order valence-electron chi connectivity index (χ4n) is 1.88. The van der Waals surface area contributed by atoms with E-state index in [-0.39, 0.29) is 11.7 Å². The van der Waals surface area contributed by atoms with Gasteiger partial charge >= 0.3 is 0 Å². The van der Waals surface area contributed by atoms with Gasteiger partial charge in [-0.2, -0.15) is 0 Å². The number of nitrogens with one attached hydrogen (secondary N) is 1. The highest BCUT2D eigenvalue weighted by atomic mass is 19.1. The number of hydrogen-bond donors (Lipinski definition) is 1. The highest BCUT2D eigenvalue weighted by Gasteiger charge is 2.13. The third kappa shape index (κ3) is 3.02. The Labute approximate surface area is 111 Å². The van der Waals surface area contributed by atoms with Crippen molar-refractivity contribution < 1.29 is 13.6 Å². The van der Waals surface area contributed by atoms with Gasteiger partial charge in [-0.25, -0.2) is 4.39 Å². The van der Waals surface area contributed by atoms with Crippen molar-refractivity contribution in [3.8, 4) is 0 Å². The van der Waals surface area contributed by atoms with Gasteiger partial charge in [-0.1, -0.05) is 12.1 Å². The van der Waals surface area contributed by atoms with Crippen LogP contribution in [0, 0.1) is 26.6 Å². The first kappa shape index (κ1) is 13.3. The number of halogens is 1. The molecule has 4 heteroatoms. The first-order valence-corrected chi connectivity index (χ1v) is 6.07. The second kappa shape index (κ2) is 5.26. The molecule has 0 aliphatic heterocycles. The second-order valence-corrected chi connectivity index (χ2v) is 4.59. The average molecular weight is 261 g/mol. The Morgan fingerprint density at radius 3 is 2.58 bits per heavy atom. The summed E-state index contributed by atoms with van der Waals surface area (Å²) in [5.74, 6) is 0.812. The van der Waals surface area contributed by atoms with Crippen molar-refractivity contribution in [3.63, 3.8) is 0 Å². The zero-order valence-corrected chi connectivity index (χ0v) is 11.2. The van der Waals surface area contributed by atoms with Crippen molar-refractivity contribution >= 4 is 5.91 Å². The van der Waals surface area contributed by atoms with Gasteiger partial charge in [0.05, 0.1) is 5.56 Å². The maximum Gasteiger partial charge on any atom is 0.255 e. The van der Waals surface area contributed by atoms with E-state index in [4.69, 9.17) is 4.42 Å². The smallest absolute Gasteiger partial charge is 0.255 e. The van der Waals surface area contributed by atoms with E-state index < -0.39 is 0 Å². The maximum atomic E-state index is 13.4. The maximum absolute atomic E-state index is 13.4. The lowest BCUT2D eigenvalue weighted by atomic mass is 10.1. The van der Waals surface area contributed by atoms with Crippen LogP contribution in [-0.4, -0.2) is 5.91 Å². The molecule has 0 radical (unpaired) electrons. The fraction of sp³-hybridized carbons (Fsp3) is 0.267. The summed E-state index contributed by atoms with van der Waals surface area (Å²) in [5.41, 5.74) is 1.84. The van der Waals surface area contributed by atoms with Crippen molar-refractivity contribution in [2.75, 3.05) is 0 Å². The van der Waals surface area contributed by atoms with Crippen molar-refractivity contribution in [2.24, 2.45) is 0 Å². The molecule has 1 amide bonds. The first-order chi connectivity index (χ1) is 8.97. The van der Waals surface area contributed by atoms with Crippen molar-refractivity contribution in [3.05, 3.63) is 58.3 Å². The molecule has 0 unspecified atom stereocenters. The normalized spacial score (nSPS) is 10.5. The van der Waals surface area contributed by atoms with Crippen LogP contribution in [0.3, 0.4) is 0 Å². The summed E-state index contributed by atoms with van der Waals surface area (Å²) in [4.78, 5) is 11.9. The Bertz CT molecular complexity index is 617. The molecule has 1 N–H and O–H groups in total. The third-order valence-corrected chi connectivity index (χ3v) is 2.97. The van der Waals surface area contributed by atoms with Gasteiger partial charge in [0.25, 0.3) is 5.91 Å². The number of rotatable bonds is 3. The third-order valence-electron chi connectivity index (χ3n) is 2.97. The van der Waals surface area contributed by atoms with Gasteiger partial charge in [-0.3, -0.25) is 4.79 Å². The van der Waals surface area contributed by atoms with Crippen LogP contribution in [0.5, 0.6) is 0 Å². The Kier molecular flexibility index (Phi) is 3.69. The molecule has 0 bridgehead atoms. The quantitative estimate of drug-likeness (QED) is 0.921. The molecule has 0 fully saturated rings. The lowest BCUT2D eigenvalue weighted by Crippen LogP contribution is -2.23. The van der Waals surface area contributed by atoms with E-state index in [1.807, 2.05) is 0 Å². The Morgan fingerprint density at radius 1 is 1.26 bits per heavy atom. The molecule has 0 saturated carbocycles. The summed E-state index contributed by atoms with van der Waals surface area (Å²) in [6.45, 7) is 5.53. The molecular weight excluding hydrogens is 245 g/mol. The van der Waals surface area contributed by atoms with Gasteiger partial charge in [0.2, 0.25) is 0 Å². The Hall–Kier alpha value is -2.10. The standard InChI is InChI=1S/C15H16FNO2/c1-9-4-5-12(7-14(9)16)8-17-15(18)13-6-10(2)19-11(13)3/h4-7H,8H2,1-3H3,(H,17,18). The zero-order valence-electron chi connectivity index (χ0n) is 11.2. The topological polar surface area (TPSA) is 42.2 Å². The predicted molar refractivity (Wildman–Crippen MR) is 70.5 cm³/mol. The molecule has 1 aromatic heterocycles. The molecular formula is C15H16FNO2. The molecule has 2 rings (SSSR count). The van der Waals surface area contributed by atoms with Crippen LogP contribution in [0.15, 0.2) is 28.7 Å². The Morgan fingerprint density at radius 2 is 2.00 bits per heavy atom. The van der Waals surface area contributed by atoms with Gasteiger partial charge < -0.3 is 9.73 Å². The van der Waals surface area contributed by atoms with Crippen LogP contribution in [0.25, 0.3) is 0 Å². The number of amides is 1. The molecule has 0 aliphatic carbocycles. The van der Waals surface area contributed by atoms with Crippen LogP contribution in [0.4, 0.5) is 4.39 Å². The summed E-state index contributed by atoms with van der Waals surface area (Å²) in [5, 5.41) is 2.75. The largest absolute Gasteiger partial charge is 0.466 e. The summed E-state index contributed by atoms with van der Waals surface area (Å²) in [7, 11) is 0. The highest BCUT2D eigenvalue weighted by molar-refractivity contribution is 5.95. The summed E-state index contributed by atoms with van der Waals surface area (Å²) >= 11 is 0. The molecule has 1 heterocycles. The van der Waals surface area contributed by atoms with Crippen LogP contribution in [-0.2, 0) is 6.54 Å². The lowest BCUT2D eigenvalue weighted by Gasteiger charge is -2.05. The van der Waals surface area contributed by atoms with Crippen molar-refractivity contribution in [1.29, 1.82) is 0 Å². The number of aryl methyl sites for hydroxylation is 3. The van der Waals surface area contributed by atoms with Gasteiger partial charge in [0.15, 0.2) is 0 Å². The van der Waals surface area contributed by atoms with E-state index in [9.17, 15) is 9.18 Å². The van der Waals surface area contributed by atoms with Crippen LogP contribution >= 0.6 is 0 Å².